The molecule has 0 heterocycles. The fourth-order valence-corrected chi connectivity index (χ4v) is 4.66. The van der Waals surface area contributed by atoms with Crippen molar-refractivity contribution in [1.82, 2.24) is 0 Å². The zero-order valence-corrected chi connectivity index (χ0v) is 19.8. The van der Waals surface area contributed by atoms with Crippen molar-refractivity contribution >= 4 is 11.5 Å². The molecule has 2 rings (SSSR count). The summed E-state index contributed by atoms with van der Waals surface area (Å²) in [6, 6.07) is 3.60. The molecule has 30 heavy (non-hydrogen) atoms. The van der Waals surface area contributed by atoms with E-state index in [1.54, 1.807) is 12.1 Å². The average molecular weight is 416 g/mol. The molecule has 1 atom stereocenters. The van der Waals surface area contributed by atoms with Crippen molar-refractivity contribution in [2.45, 2.75) is 98.3 Å². The fraction of sp³-hybridized carbons (Fsp3) is 0.654. The number of rotatable bonds is 9. The normalized spacial score (nSPS) is 18.0. The third kappa shape index (κ3) is 5.19. The smallest absolute Gasteiger partial charge is 0.227 e. The summed E-state index contributed by atoms with van der Waals surface area (Å²) in [5.74, 6) is 0.219. The number of aromatic hydroxyl groups is 2. The first-order valence-corrected chi connectivity index (χ1v) is 11.5. The molecular weight excluding hydrogens is 374 g/mol. The SMILES string of the molecule is CCCCCCC(C)(C)c1cc(O)c(C2=C(C(C)(C)C(N)=O)CCC(C)C2)c(O)c1. The molecule has 4 nitrogen and oxygen atoms in total. The number of benzene rings is 1. The van der Waals surface area contributed by atoms with Crippen molar-refractivity contribution in [3.05, 3.63) is 28.8 Å². The number of allylic oxidation sites excluding steroid dienone is 1. The number of unbranched alkanes of at least 4 members (excludes halogenated alkanes) is 3. The molecule has 4 heteroatoms. The molecular formula is C26H41NO3. The molecule has 0 fully saturated rings. The molecule has 1 aromatic rings. The van der Waals surface area contributed by atoms with Gasteiger partial charge in [-0.15, -0.1) is 0 Å². The fourth-order valence-electron chi connectivity index (χ4n) is 4.66. The Morgan fingerprint density at radius 2 is 1.70 bits per heavy atom. The third-order valence-electron chi connectivity index (χ3n) is 7.01. The molecule has 1 amide bonds. The zero-order valence-electron chi connectivity index (χ0n) is 19.8. The van der Waals surface area contributed by atoms with Crippen LogP contribution in [0.25, 0.3) is 5.57 Å². The second-order valence-electron chi connectivity index (χ2n) is 10.4. The molecule has 0 aliphatic heterocycles. The van der Waals surface area contributed by atoms with E-state index in [1.165, 1.54) is 19.3 Å². The van der Waals surface area contributed by atoms with Crippen LogP contribution in [0.3, 0.4) is 0 Å². The molecule has 1 aromatic carbocycles. The molecule has 1 aliphatic rings. The highest BCUT2D eigenvalue weighted by Crippen LogP contribution is 2.49. The van der Waals surface area contributed by atoms with Crippen molar-refractivity contribution in [2.24, 2.45) is 17.1 Å². The zero-order chi connectivity index (χ0) is 22.7. The van der Waals surface area contributed by atoms with Crippen LogP contribution >= 0.6 is 0 Å². The summed E-state index contributed by atoms with van der Waals surface area (Å²) in [7, 11) is 0. The van der Waals surface area contributed by atoms with Gasteiger partial charge in [-0.25, -0.2) is 0 Å². The van der Waals surface area contributed by atoms with Crippen molar-refractivity contribution < 1.29 is 15.0 Å². The summed E-state index contributed by atoms with van der Waals surface area (Å²) in [6.45, 7) is 12.4. The number of phenolic OH excluding ortho intramolecular Hbond substituents is 2. The van der Waals surface area contributed by atoms with Gasteiger partial charge >= 0.3 is 0 Å². The Morgan fingerprint density at radius 1 is 1.10 bits per heavy atom. The van der Waals surface area contributed by atoms with E-state index in [2.05, 4.69) is 27.7 Å². The average Bonchev–Trinajstić information content (AvgIpc) is 2.64. The minimum absolute atomic E-state index is 0.0912. The Balaban J connectivity index is 2.49. The van der Waals surface area contributed by atoms with Gasteiger partial charge in [0.15, 0.2) is 0 Å². The van der Waals surface area contributed by atoms with E-state index >= 15 is 0 Å². The lowest BCUT2D eigenvalue weighted by atomic mass is 9.70. The summed E-state index contributed by atoms with van der Waals surface area (Å²) in [5.41, 5.74) is 7.98. The van der Waals surface area contributed by atoms with Crippen molar-refractivity contribution in [2.75, 3.05) is 0 Å². The minimum atomic E-state index is -0.814. The van der Waals surface area contributed by atoms with Crippen molar-refractivity contribution in [1.29, 1.82) is 0 Å². The lowest BCUT2D eigenvalue weighted by molar-refractivity contribution is -0.124. The summed E-state index contributed by atoms with van der Waals surface area (Å²) < 4.78 is 0. The Hall–Kier alpha value is -1.97. The number of carbonyl (C=O) groups excluding carboxylic acids is 1. The third-order valence-corrected chi connectivity index (χ3v) is 7.01. The van der Waals surface area contributed by atoms with E-state index in [1.807, 2.05) is 13.8 Å². The molecule has 0 saturated carbocycles. The highest BCUT2D eigenvalue weighted by molar-refractivity contribution is 5.89. The molecule has 0 radical (unpaired) electrons. The van der Waals surface area contributed by atoms with Gasteiger partial charge in [0.2, 0.25) is 5.91 Å². The maximum absolute atomic E-state index is 12.1. The summed E-state index contributed by atoms with van der Waals surface area (Å²) in [6.07, 6.45) is 8.20. The van der Waals surface area contributed by atoms with Crippen LogP contribution in [0, 0.1) is 11.3 Å². The lowest BCUT2D eigenvalue weighted by Gasteiger charge is -2.34. The van der Waals surface area contributed by atoms with Gasteiger partial charge in [0.25, 0.3) is 0 Å². The molecule has 0 saturated heterocycles. The van der Waals surface area contributed by atoms with E-state index in [0.29, 0.717) is 17.9 Å². The largest absolute Gasteiger partial charge is 0.507 e. The van der Waals surface area contributed by atoms with E-state index in [9.17, 15) is 15.0 Å². The first-order chi connectivity index (χ1) is 13.9. The molecule has 0 aromatic heterocycles. The number of hydrogen-bond donors (Lipinski definition) is 3. The maximum Gasteiger partial charge on any atom is 0.227 e. The predicted molar refractivity (Wildman–Crippen MR) is 124 cm³/mol. The maximum atomic E-state index is 12.1. The van der Waals surface area contributed by atoms with Gasteiger partial charge in [0.05, 0.1) is 11.0 Å². The van der Waals surface area contributed by atoms with Crippen molar-refractivity contribution in [3.63, 3.8) is 0 Å². The molecule has 168 valence electrons. The van der Waals surface area contributed by atoms with E-state index < -0.39 is 5.41 Å². The van der Waals surface area contributed by atoms with Gasteiger partial charge in [0.1, 0.15) is 11.5 Å². The van der Waals surface area contributed by atoms with Crippen LogP contribution in [0.5, 0.6) is 11.5 Å². The number of primary amides is 1. The minimum Gasteiger partial charge on any atom is -0.507 e. The molecule has 4 N–H and O–H groups in total. The van der Waals surface area contributed by atoms with Crippen molar-refractivity contribution in [3.8, 4) is 11.5 Å². The summed E-state index contributed by atoms with van der Waals surface area (Å²) >= 11 is 0. The standard InChI is InChI=1S/C26H41NO3/c1-7-8-9-10-13-25(3,4)18-15-21(28)23(22(29)16-18)19-14-17(2)11-12-20(19)26(5,6)24(27)30/h15-17,28-29H,7-14H2,1-6H3,(H2,27,30). The Kier molecular flexibility index (Phi) is 7.65. The van der Waals surface area contributed by atoms with Crippen LogP contribution in [-0.4, -0.2) is 16.1 Å². The highest BCUT2D eigenvalue weighted by atomic mass is 16.3. The quantitative estimate of drug-likeness (QED) is 0.406. The first kappa shape index (κ1) is 24.3. The molecule has 0 spiro atoms. The summed E-state index contributed by atoms with van der Waals surface area (Å²) in [5, 5.41) is 22.0. The Bertz CT molecular complexity index is 781. The lowest BCUT2D eigenvalue weighted by Crippen LogP contribution is -2.35. The second-order valence-corrected chi connectivity index (χ2v) is 10.4. The topological polar surface area (TPSA) is 83.5 Å². The Labute approximate surface area is 182 Å². The van der Waals surface area contributed by atoms with Crippen LogP contribution in [0.4, 0.5) is 0 Å². The van der Waals surface area contributed by atoms with E-state index in [4.69, 9.17) is 5.73 Å². The van der Waals surface area contributed by atoms with Gasteiger partial charge in [0, 0.05) is 0 Å². The number of amides is 1. The van der Waals surface area contributed by atoms with Crippen LogP contribution in [-0.2, 0) is 10.2 Å². The molecule has 1 unspecified atom stereocenters. The van der Waals surface area contributed by atoms with Gasteiger partial charge in [-0.05, 0) is 74.1 Å². The van der Waals surface area contributed by atoms with Crippen LogP contribution in [0.15, 0.2) is 17.7 Å². The van der Waals surface area contributed by atoms with Gasteiger partial charge < -0.3 is 15.9 Å². The van der Waals surface area contributed by atoms with Crippen LogP contribution in [0.2, 0.25) is 0 Å². The number of phenols is 2. The monoisotopic (exact) mass is 415 g/mol. The number of carbonyl (C=O) groups is 1. The molecule has 0 bridgehead atoms. The van der Waals surface area contributed by atoms with E-state index in [-0.39, 0.29) is 22.8 Å². The summed E-state index contributed by atoms with van der Waals surface area (Å²) in [4.78, 5) is 12.1. The second kappa shape index (κ2) is 9.45. The van der Waals surface area contributed by atoms with Gasteiger partial charge in [-0.1, -0.05) is 59.0 Å². The number of hydrogen-bond acceptors (Lipinski definition) is 3. The van der Waals surface area contributed by atoms with E-state index in [0.717, 1.165) is 42.4 Å². The highest BCUT2D eigenvalue weighted by Gasteiger charge is 2.36. The van der Waals surface area contributed by atoms with Crippen LogP contribution in [0.1, 0.15) is 104 Å². The van der Waals surface area contributed by atoms with Crippen LogP contribution < -0.4 is 5.73 Å². The van der Waals surface area contributed by atoms with Gasteiger partial charge in [-0.2, -0.15) is 0 Å². The van der Waals surface area contributed by atoms with Gasteiger partial charge in [-0.3, -0.25) is 4.79 Å². The number of nitrogens with two attached hydrogens (primary N) is 1. The molecule has 1 aliphatic carbocycles. The Morgan fingerprint density at radius 3 is 2.23 bits per heavy atom. The first-order valence-electron chi connectivity index (χ1n) is 11.5. The predicted octanol–water partition coefficient (Wildman–Crippen LogP) is 6.43.